The van der Waals surface area contributed by atoms with Crippen molar-refractivity contribution in [1.29, 1.82) is 0 Å². The van der Waals surface area contributed by atoms with Crippen LogP contribution in [0, 0.1) is 0 Å². The molecule has 4 N–H and O–H groups in total. The van der Waals surface area contributed by atoms with Crippen LogP contribution in [0.15, 0.2) is 17.2 Å². The molecule has 0 spiro atoms. The first-order chi connectivity index (χ1) is 7.15. The summed E-state index contributed by atoms with van der Waals surface area (Å²) in [6, 6.07) is 3.14. The zero-order chi connectivity index (χ0) is 11.3. The van der Waals surface area contributed by atoms with Crippen LogP contribution in [0.2, 0.25) is 0 Å². The molecule has 1 rings (SSSR count). The monoisotopic (exact) mass is 227 g/mol. The summed E-state index contributed by atoms with van der Waals surface area (Å²) in [6.45, 7) is 0.604. The highest BCUT2D eigenvalue weighted by Gasteiger charge is 2.07. The maximum atomic E-state index is 10.9. The highest BCUT2D eigenvalue weighted by molar-refractivity contribution is 7.99. The summed E-state index contributed by atoms with van der Waals surface area (Å²) < 4.78 is 4.90. The minimum Gasteiger partial charge on any atom is -0.397 e. The third-order valence-electron chi connectivity index (χ3n) is 1.67. The highest BCUT2D eigenvalue weighted by Crippen LogP contribution is 2.22. The fourth-order valence-electron chi connectivity index (χ4n) is 0.926. The van der Waals surface area contributed by atoms with Gasteiger partial charge >= 0.3 is 0 Å². The lowest BCUT2D eigenvalue weighted by Gasteiger charge is -2.05. The number of hydrogen-bond donors (Lipinski definition) is 2. The Morgan fingerprint density at radius 3 is 2.93 bits per heavy atom. The summed E-state index contributed by atoms with van der Waals surface area (Å²) in [6.07, 6.45) is 0. The molecule has 0 saturated carbocycles. The fraction of sp³-hybridized carbons (Fsp3) is 0.333. The van der Waals surface area contributed by atoms with Gasteiger partial charge in [0.25, 0.3) is 5.91 Å². The van der Waals surface area contributed by atoms with Crippen LogP contribution < -0.4 is 11.5 Å². The van der Waals surface area contributed by atoms with Crippen LogP contribution in [-0.2, 0) is 4.74 Å². The van der Waals surface area contributed by atoms with Gasteiger partial charge in [0.05, 0.1) is 12.3 Å². The van der Waals surface area contributed by atoms with Crippen LogP contribution in [0.5, 0.6) is 0 Å². The number of nitrogen functional groups attached to an aromatic ring is 1. The Morgan fingerprint density at radius 1 is 1.60 bits per heavy atom. The lowest BCUT2D eigenvalue weighted by molar-refractivity contribution is 0.0995. The summed E-state index contributed by atoms with van der Waals surface area (Å²) in [7, 11) is 1.62. The van der Waals surface area contributed by atoms with Gasteiger partial charge in [-0.3, -0.25) is 4.79 Å². The number of carbonyl (C=O) groups excluding carboxylic acids is 1. The smallest absolute Gasteiger partial charge is 0.267 e. The number of carbonyl (C=O) groups is 1. The summed E-state index contributed by atoms with van der Waals surface area (Å²) in [4.78, 5) is 14.9. The van der Waals surface area contributed by atoms with E-state index >= 15 is 0 Å². The zero-order valence-corrected chi connectivity index (χ0v) is 9.21. The van der Waals surface area contributed by atoms with Gasteiger partial charge < -0.3 is 16.2 Å². The molecule has 0 aliphatic rings. The van der Waals surface area contributed by atoms with Crippen LogP contribution in [0.3, 0.4) is 0 Å². The average molecular weight is 227 g/mol. The lowest BCUT2D eigenvalue weighted by Crippen LogP contribution is -2.13. The second-order valence-electron chi connectivity index (χ2n) is 2.80. The minimum absolute atomic E-state index is 0.226. The standard InChI is InChI=1S/C9H13N3O2S/c1-14-4-5-15-9-6(10)2-3-7(12-9)8(11)13/h2-3H,4-5,10H2,1H3,(H2,11,13). The molecule has 1 aromatic rings. The van der Waals surface area contributed by atoms with Crippen molar-refractivity contribution >= 4 is 23.4 Å². The number of nitrogens with two attached hydrogens (primary N) is 2. The SMILES string of the molecule is COCCSc1nc(C(N)=O)ccc1N. The third kappa shape index (κ3) is 3.41. The Bertz CT molecular complexity index is 357. The lowest BCUT2D eigenvalue weighted by atomic mass is 10.3. The van der Waals surface area contributed by atoms with E-state index in [1.807, 2.05) is 0 Å². The molecule has 0 radical (unpaired) electrons. The predicted molar refractivity (Wildman–Crippen MR) is 59.8 cm³/mol. The number of aromatic nitrogens is 1. The molecular weight excluding hydrogens is 214 g/mol. The number of pyridine rings is 1. The Balaban J connectivity index is 2.76. The number of rotatable bonds is 5. The van der Waals surface area contributed by atoms with E-state index in [4.69, 9.17) is 16.2 Å². The number of hydrogen-bond acceptors (Lipinski definition) is 5. The van der Waals surface area contributed by atoms with E-state index in [1.54, 1.807) is 13.2 Å². The van der Waals surface area contributed by atoms with E-state index in [1.165, 1.54) is 17.8 Å². The van der Waals surface area contributed by atoms with Gasteiger partial charge in [0.1, 0.15) is 10.7 Å². The number of ether oxygens (including phenoxy) is 1. The number of thioether (sulfide) groups is 1. The zero-order valence-electron chi connectivity index (χ0n) is 8.40. The number of anilines is 1. The van der Waals surface area contributed by atoms with Crippen LogP contribution in [0.25, 0.3) is 0 Å². The molecule has 0 fully saturated rings. The largest absolute Gasteiger partial charge is 0.397 e. The first kappa shape index (κ1) is 11.8. The Hall–Kier alpha value is -1.27. The van der Waals surface area contributed by atoms with Crippen LogP contribution in [-0.4, -0.2) is 30.4 Å². The first-order valence-corrected chi connectivity index (χ1v) is 5.31. The number of methoxy groups -OCH3 is 1. The molecular formula is C9H13N3O2S. The topological polar surface area (TPSA) is 91.2 Å². The molecule has 0 unspecified atom stereocenters. The van der Waals surface area contributed by atoms with Crippen LogP contribution in [0.1, 0.15) is 10.5 Å². The van der Waals surface area contributed by atoms with E-state index < -0.39 is 5.91 Å². The van der Waals surface area contributed by atoms with Crippen molar-refractivity contribution in [2.45, 2.75) is 5.03 Å². The molecule has 0 aromatic carbocycles. The van der Waals surface area contributed by atoms with Crippen molar-refractivity contribution in [1.82, 2.24) is 4.98 Å². The van der Waals surface area contributed by atoms with Crippen LogP contribution >= 0.6 is 11.8 Å². The van der Waals surface area contributed by atoms with Crippen molar-refractivity contribution in [2.24, 2.45) is 5.73 Å². The van der Waals surface area contributed by atoms with E-state index in [9.17, 15) is 4.79 Å². The van der Waals surface area contributed by atoms with E-state index in [-0.39, 0.29) is 5.69 Å². The van der Waals surface area contributed by atoms with Crippen molar-refractivity contribution in [3.63, 3.8) is 0 Å². The summed E-state index contributed by atoms with van der Waals surface area (Å²) >= 11 is 1.43. The van der Waals surface area contributed by atoms with Gasteiger partial charge in [0.15, 0.2) is 0 Å². The van der Waals surface area contributed by atoms with Gasteiger partial charge in [-0.15, -0.1) is 11.8 Å². The quantitative estimate of drug-likeness (QED) is 0.564. The predicted octanol–water partition coefficient (Wildman–Crippen LogP) is 0.501. The number of nitrogens with zero attached hydrogens (tertiary/aromatic N) is 1. The summed E-state index contributed by atoms with van der Waals surface area (Å²) in [5.74, 6) is 0.180. The summed E-state index contributed by atoms with van der Waals surface area (Å²) in [5.41, 5.74) is 11.6. The van der Waals surface area contributed by atoms with Gasteiger partial charge in [-0.1, -0.05) is 0 Å². The maximum absolute atomic E-state index is 10.9. The van der Waals surface area contributed by atoms with Gasteiger partial charge in [0.2, 0.25) is 0 Å². The van der Waals surface area contributed by atoms with E-state index in [0.717, 1.165) is 5.75 Å². The Morgan fingerprint density at radius 2 is 2.33 bits per heavy atom. The molecule has 1 amide bonds. The average Bonchev–Trinajstić information content (AvgIpc) is 2.20. The van der Waals surface area contributed by atoms with Gasteiger partial charge in [-0.2, -0.15) is 0 Å². The molecule has 1 aromatic heterocycles. The van der Waals surface area contributed by atoms with Crippen LogP contribution in [0.4, 0.5) is 5.69 Å². The van der Waals surface area contributed by atoms with Crippen molar-refractivity contribution in [2.75, 3.05) is 25.2 Å². The Kier molecular flexibility index (Phi) is 4.38. The molecule has 5 nitrogen and oxygen atoms in total. The third-order valence-corrected chi connectivity index (χ3v) is 2.64. The summed E-state index contributed by atoms with van der Waals surface area (Å²) in [5, 5.41) is 0.614. The van der Waals surface area contributed by atoms with Gasteiger partial charge in [0, 0.05) is 12.9 Å². The maximum Gasteiger partial charge on any atom is 0.267 e. The molecule has 82 valence electrons. The van der Waals surface area contributed by atoms with Gasteiger partial charge in [-0.05, 0) is 12.1 Å². The molecule has 0 aliphatic heterocycles. The molecule has 1 heterocycles. The number of amides is 1. The second kappa shape index (κ2) is 5.57. The molecule has 0 aliphatic carbocycles. The normalized spacial score (nSPS) is 10.2. The van der Waals surface area contributed by atoms with Crippen molar-refractivity contribution < 1.29 is 9.53 Å². The van der Waals surface area contributed by atoms with Crippen molar-refractivity contribution in [3.8, 4) is 0 Å². The molecule has 15 heavy (non-hydrogen) atoms. The fourth-order valence-corrected chi connectivity index (χ4v) is 1.77. The Labute approximate surface area is 92.2 Å². The molecule has 0 saturated heterocycles. The molecule has 0 atom stereocenters. The highest BCUT2D eigenvalue weighted by atomic mass is 32.2. The molecule has 6 heteroatoms. The van der Waals surface area contributed by atoms with Crippen molar-refractivity contribution in [3.05, 3.63) is 17.8 Å². The van der Waals surface area contributed by atoms with E-state index in [2.05, 4.69) is 4.98 Å². The first-order valence-electron chi connectivity index (χ1n) is 4.33. The van der Waals surface area contributed by atoms with E-state index in [0.29, 0.717) is 17.3 Å². The van der Waals surface area contributed by atoms with Gasteiger partial charge in [-0.25, -0.2) is 4.98 Å². The number of primary amides is 1. The molecule has 0 bridgehead atoms. The second-order valence-corrected chi connectivity index (χ2v) is 3.88. The minimum atomic E-state index is -0.552.